The molecule has 11 aromatic rings. The number of fused-ring (bicyclic) bond motifs is 9. The molecule has 11 rings (SSSR count). The number of benzene rings is 8. The summed E-state index contributed by atoms with van der Waals surface area (Å²) in [5, 5.41) is 7.70. The number of thiophene rings is 1. The van der Waals surface area contributed by atoms with Crippen molar-refractivity contribution in [1.82, 2.24) is 9.13 Å². The molecule has 0 saturated carbocycles. The molecule has 238 valence electrons. The van der Waals surface area contributed by atoms with Crippen molar-refractivity contribution in [3.8, 4) is 33.6 Å². The van der Waals surface area contributed by atoms with Gasteiger partial charge in [-0.25, -0.2) is 0 Å². The van der Waals surface area contributed by atoms with Gasteiger partial charge in [0.25, 0.3) is 0 Å². The normalized spacial score (nSPS) is 11.9. The summed E-state index contributed by atoms with van der Waals surface area (Å²) in [6.07, 6.45) is 0. The van der Waals surface area contributed by atoms with Crippen molar-refractivity contribution in [1.29, 1.82) is 0 Å². The number of nitrogens with zero attached hydrogens (tertiary/aromatic N) is 2. The molecule has 0 aliphatic heterocycles. The smallest absolute Gasteiger partial charge is 0.0547 e. The van der Waals surface area contributed by atoms with Gasteiger partial charge in [0, 0.05) is 53.1 Å². The van der Waals surface area contributed by atoms with E-state index in [2.05, 4.69) is 191 Å². The van der Waals surface area contributed by atoms with Crippen LogP contribution in [0.4, 0.5) is 0 Å². The molecular weight excluding hydrogens is 637 g/mol. The van der Waals surface area contributed by atoms with E-state index >= 15 is 0 Å². The minimum absolute atomic E-state index is 1.17. The van der Waals surface area contributed by atoms with Crippen LogP contribution >= 0.6 is 11.3 Å². The lowest BCUT2D eigenvalue weighted by molar-refractivity contribution is 1.18. The van der Waals surface area contributed by atoms with Gasteiger partial charge in [0.2, 0.25) is 0 Å². The number of hydrogen-bond acceptors (Lipinski definition) is 1. The Hall–Kier alpha value is -6.42. The molecule has 0 bridgehead atoms. The Morgan fingerprint density at radius 2 is 0.922 bits per heavy atom. The molecule has 0 saturated heterocycles. The molecule has 8 aromatic carbocycles. The molecule has 0 atom stereocenters. The van der Waals surface area contributed by atoms with E-state index in [-0.39, 0.29) is 0 Å². The minimum atomic E-state index is 1.17. The fourth-order valence-corrected chi connectivity index (χ4v) is 9.39. The number of aromatic nitrogens is 2. The highest BCUT2D eigenvalue weighted by Crippen LogP contribution is 2.43. The molecule has 3 heteroatoms. The molecule has 0 amide bonds. The second-order valence-electron chi connectivity index (χ2n) is 13.3. The zero-order valence-corrected chi connectivity index (χ0v) is 28.4. The van der Waals surface area contributed by atoms with Gasteiger partial charge < -0.3 is 9.13 Å². The summed E-state index contributed by atoms with van der Waals surface area (Å²) in [4.78, 5) is 0. The zero-order chi connectivity index (χ0) is 33.5. The fraction of sp³-hybridized carbons (Fsp3) is 0. The first kappa shape index (κ1) is 28.4. The second-order valence-corrected chi connectivity index (χ2v) is 14.4. The van der Waals surface area contributed by atoms with Gasteiger partial charge in [0.15, 0.2) is 0 Å². The summed E-state index contributed by atoms with van der Waals surface area (Å²) >= 11 is 1.87. The van der Waals surface area contributed by atoms with Crippen LogP contribution in [-0.2, 0) is 0 Å². The van der Waals surface area contributed by atoms with Crippen LogP contribution < -0.4 is 0 Å². The summed E-state index contributed by atoms with van der Waals surface area (Å²) in [5.74, 6) is 0. The summed E-state index contributed by atoms with van der Waals surface area (Å²) in [5.41, 5.74) is 12.1. The lowest BCUT2D eigenvalue weighted by Crippen LogP contribution is -1.93. The first-order valence-electron chi connectivity index (χ1n) is 17.4. The maximum Gasteiger partial charge on any atom is 0.0547 e. The van der Waals surface area contributed by atoms with Crippen LogP contribution in [0.1, 0.15) is 0 Å². The van der Waals surface area contributed by atoms with Gasteiger partial charge >= 0.3 is 0 Å². The van der Waals surface area contributed by atoms with Crippen LogP contribution in [0.5, 0.6) is 0 Å². The van der Waals surface area contributed by atoms with Crippen molar-refractivity contribution in [2.24, 2.45) is 0 Å². The molecule has 2 nitrogen and oxygen atoms in total. The Kier molecular flexibility index (Phi) is 6.16. The van der Waals surface area contributed by atoms with Crippen molar-refractivity contribution in [2.45, 2.75) is 0 Å². The first-order chi connectivity index (χ1) is 25.3. The van der Waals surface area contributed by atoms with E-state index in [9.17, 15) is 0 Å². The van der Waals surface area contributed by atoms with Gasteiger partial charge in [-0.2, -0.15) is 0 Å². The number of rotatable bonds is 4. The topological polar surface area (TPSA) is 9.86 Å². The molecule has 51 heavy (non-hydrogen) atoms. The van der Waals surface area contributed by atoms with E-state index < -0.39 is 0 Å². The second kappa shape index (κ2) is 11.0. The molecule has 0 spiro atoms. The molecular formula is C48H30N2S. The third-order valence-corrected chi connectivity index (χ3v) is 11.6. The maximum absolute atomic E-state index is 2.46. The Morgan fingerprint density at radius 1 is 0.314 bits per heavy atom. The third kappa shape index (κ3) is 4.29. The lowest BCUT2D eigenvalue weighted by atomic mass is 9.97. The summed E-state index contributed by atoms with van der Waals surface area (Å²) in [6, 6.07) is 66.7. The molecule has 0 aliphatic rings. The van der Waals surface area contributed by atoms with Crippen LogP contribution in [0.3, 0.4) is 0 Å². The van der Waals surface area contributed by atoms with Gasteiger partial charge in [-0.1, -0.05) is 115 Å². The third-order valence-electron chi connectivity index (χ3n) is 10.5. The van der Waals surface area contributed by atoms with E-state index in [1.54, 1.807) is 0 Å². The quantitative estimate of drug-likeness (QED) is 0.177. The Morgan fingerprint density at radius 3 is 1.75 bits per heavy atom. The first-order valence-corrected chi connectivity index (χ1v) is 18.3. The van der Waals surface area contributed by atoms with Crippen LogP contribution in [0.25, 0.3) is 97.4 Å². The zero-order valence-electron chi connectivity index (χ0n) is 27.6. The van der Waals surface area contributed by atoms with E-state index in [0.29, 0.717) is 0 Å². The van der Waals surface area contributed by atoms with Crippen LogP contribution in [-0.4, -0.2) is 9.13 Å². The van der Waals surface area contributed by atoms with Gasteiger partial charge in [0.1, 0.15) is 0 Å². The van der Waals surface area contributed by atoms with E-state index in [1.165, 1.54) is 97.4 Å². The highest BCUT2D eigenvalue weighted by molar-refractivity contribution is 7.25. The minimum Gasteiger partial charge on any atom is -0.309 e. The van der Waals surface area contributed by atoms with Crippen molar-refractivity contribution >= 4 is 75.1 Å². The van der Waals surface area contributed by atoms with Crippen molar-refractivity contribution in [3.63, 3.8) is 0 Å². The van der Waals surface area contributed by atoms with Gasteiger partial charge in [0.05, 0.1) is 22.1 Å². The van der Waals surface area contributed by atoms with E-state index in [0.717, 1.165) is 0 Å². The van der Waals surface area contributed by atoms with Gasteiger partial charge in [-0.15, -0.1) is 11.3 Å². The largest absolute Gasteiger partial charge is 0.309 e. The predicted molar refractivity (Wildman–Crippen MR) is 219 cm³/mol. The molecule has 0 radical (unpaired) electrons. The van der Waals surface area contributed by atoms with Gasteiger partial charge in [-0.3, -0.25) is 0 Å². The Balaban J connectivity index is 1.16. The average Bonchev–Trinajstić information content (AvgIpc) is 3.85. The Bertz CT molecular complexity index is 3130. The molecule has 3 heterocycles. The average molecular weight is 667 g/mol. The molecule has 0 fully saturated rings. The summed E-state index contributed by atoms with van der Waals surface area (Å²) in [7, 11) is 0. The van der Waals surface area contributed by atoms with E-state index in [4.69, 9.17) is 0 Å². The molecule has 0 N–H and O–H groups in total. The standard InChI is InChI=1S/C48H30N2S/c1-3-12-31(13-4-1)36-18-11-20-45-48(36)41-29-33(23-27-44(41)50(45)35-24-25-39-38-17-8-10-21-46(38)51-47(39)30-35)32-22-26-43-40(28-32)37-16-7-9-19-42(37)49(43)34-14-5-2-6-15-34/h1-30H. The van der Waals surface area contributed by atoms with Crippen molar-refractivity contribution in [3.05, 3.63) is 182 Å². The lowest BCUT2D eigenvalue weighted by Gasteiger charge is -2.10. The monoisotopic (exact) mass is 666 g/mol. The predicted octanol–water partition coefficient (Wildman–Crippen LogP) is 13.6. The molecule has 0 aliphatic carbocycles. The summed E-state index contributed by atoms with van der Waals surface area (Å²) < 4.78 is 7.47. The van der Waals surface area contributed by atoms with Gasteiger partial charge in [-0.05, 0) is 89.0 Å². The highest BCUT2D eigenvalue weighted by atomic mass is 32.1. The SMILES string of the molecule is c1ccc(-c2cccc3c2c2cc(-c4ccc5c(c4)c4ccccc4n5-c4ccccc4)ccc2n3-c2ccc3c(c2)sc2ccccc23)cc1. The maximum atomic E-state index is 2.46. The van der Waals surface area contributed by atoms with Crippen LogP contribution in [0.2, 0.25) is 0 Å². The van der Waals surface area contributed by atoms with Crippen LogP contribution in [0, 0.1) is 0 Å². The van der Waals surface area contributed by atoms with E-state index in [1.807, 2.05) is 11.3 Å². The van der Waals surface area contributed by atoms with Crippen molar-refractivity contribution < 1.29 is 0 Å². The summed E-state index contributed by atoms with van der Waals surface area (Å²) in [6.45, 7) is 0. The number of hydrogen-bond donors (Lipinski definition) is 0. The van der Waals surface area contributed by atoms with Crippen molar-refractivity contribution in [2.75, 3.05) is 0 Å². The molecule has 3 aromatic heterocycles. The fourth-order valence-electron chi connectivity index (χ4n) is 8.25. The highest BCUT2D eigenvalue weighted by Gasteiger charge is 2.19. The molecule has 0 unspecified atom stereocenters. The number of para-hydroxylation sites is 2. The Labute approximate surface area is 298 Å². The van der Waals surface area contributed by atoms with Crippen LogP contribution in [0.15, 0.2) is 182 Å².